The van der Waals surface area contributed by atoms with Gasteiger partial charge in [0.15, 0.2) is 5.82 Å². The Kier molecular flexibility index (Phi) is 6.85. The molecule has 12 heteroatoms. The summed E-state index contributed by atoms with van der Waals surface area (Å²) in [7, 11) is 1.55. The Morgan fingerprint density at radius 1 is 1.18 bits per heavy atom. The lowest BCUT2D eigenvalue weighted by Gasteiger charge is -2.33. The van der Waals surface area contributed by atoms with Crippen molar-refractivity contribution in [3.63, 3.8) is 0 Å². The second-order valence-corrected chi connectivity index (χ2v) is 10.9. The molecule has 1 atom stereocenters. The largest absolute Gasteiger partial charge is 0.355 e. The molecule has 5 aromatic rings. The van der Waals surface area contributed by atoms with E-state index in [9.17, 15) is 9.59 Å². The fourth-order valence-electron chi connectivity index (χ4n) is 4.64. The highest BCUT2D eigenvalue weighted by Crippen LogP contribution is 2.41. The fraction of sp³-hybridized carbons (Fsp3) is 0.333. The maximum Gasteiger partial charge on any atom is 0.252 e. The van der Waals surface area contributed by atoms with E-state index < -0.39 is 0 Å². The Bertz CT molecular complexity index is 1690. The standard InChI is InChI=1S/C27H29ClN8O3/c1-14-32-24(39-35-14)13-30-23(37)11-22(27(2,3)4)36-21-10-18(28)17(26(38)29-5)9-20(21)33-25(36)15-6-7-16-12-31-34-19(16)8-15/h6-10,12,22H,11,13H2,1-5H3,(H,29,38)(H,30,37)(H,31,34). The molecule has 5 rings (SSSR count). The summed E-state index contributed by atoms with van der Waals surface area (Å²) < 4.78 is 7.17. The minimum atomic E-state index is -0.370. The van der Waals surface area contributed by atoms with Crippen LogP contribution in [0.5, 0.6) is 0 Å². The molecule has 0 saturated heterocycles. The minimum Gasteiger partial charge on any atom is -0.355 e. The molecule has 2 aromatic carbocycles. The van der Waals surface area contributed by atoms with Gasteiger partial charge in [0.2, 0.25) is 11.8 Å². The van der Waals surface area contributed by atoms with Gasteiger partial charge in [-0.1, -0.05) is 49.7 Å². The summed E-state index contributed by atoms with van der Waals surface area (Å²) in [6, 6.07) is 8.99. The number of hydrogen-bond donors (Lipinski definition) is 3. The van der Waals surface area contributed by atoms with Gasteiger partial charge in [-0.2, -0.15) is 10.1 Å². The van der Waals surface area contributed by atoms with Gasteiger partial charge in [0.05, 0.1) is 39.9 Å². The number of nitrogens with zero attached hydrogens (tertiary/aromatic N) is 5. The zero-order valence-electron chi connectivity index (χ0n) is 22.3. The van der Waals surface area contributed by atoms with E-state index in [1.165, 1.54) is 0 Å². The number of carbonyl (C=O) groups excluding carboxylic acids is 2. The van der Waals surface area contributed by atoms with E-state index in [0.29, 0.717) is 39.2 Å². The summed E-state index contributed by atoms with van der Waals surface area (Å²) in [6.07, 6.45) is 1.90. The van der Waals surface area contributed by atoms with Crippen molar-refractivity contribution in [2.75, 3.05) is 7.05 Å². The summed E-state index contributed by atoms with van der Waals surface area (Å²) in [4.78, 5) is 34.8. The van der Waals surface area contributed by atoms with Crippen molar-refractivity contribution in [2.24, 2.45) is 5.41 Å². The van der Waals surface area contributed by atoms with E-state index in [1.54, 1.807) is 32.3 Å². The maximum absolute atomic E-state index is 13.2. The van der Waals surface area contributed by atoms with Crippen molar-refractivity contribution in [1.82, 2.24) is 40.5 Å². The summed E-state index contributed by atoms with van der Waals surface area (Å²) in [5.74, 6) is 0.995. The second-order valence-electron chi connectivity index (χ2n) is 10.5. The van der Waals surface area contributed by atoms with Crippen LogP contribution in [-0.2, 0) is 11.3 Å². The van der Waals surface area contributed by atoms with Crippen LogP contribution in [0.25, 0.3) is 33.3 Å². The number of H-pyrrole nitrogens is 1. The number of aryl methyl sites for hydroxylation is 1. The zero-order chi connectivity index (χ0) is 27.9. The van der Waals surface area contributed by atoms with Crippen LogP contribution in [0.1, 0.15) is 55.3 Å². The third-order valence-corrected chi connectivity index (χ3v) is 6.96. The summed E-state index contributed by atoms with van der Waals surface area (Å²) in [6.45, 7) is 8.06. The number of carbonyl (C=O) groups is 2. The molecule has 2 amide bonds. The van der Waals surface area contributed by atoms with Gasteiger partial charge in [0, 0.05) is 30.5 Å². The first-order valence-corrected chi connectivity index (χ1v) is 12.9. The molecule has 3 aromatic heterocycles. The van der Waals surface area contributed by atoms with Gasteiger partial charge in [-0.15, -0.1) is 0 Å². The van der Waals surface area contributed by atoms with Crippen LogP contribution in [0, 0.1) is 12.3 Å². The highest BCUT2D eigenvalue weighted by molar-refractivity contribution is 6.34. The van der Waals surface area contributed by atoms with E-state index in [4.69, 9.17) is 21.1 Å². The van der Waals surface area contributed by atoms with Gasteiger partial charge in [-0.3, -0.25) is 14.7 Å². The minimum absolute atomic E-state index is 0.131. The Morgan fingerprint density at radius 2 is 1.97 bits per heavy atom. The van der Waals surface area contributed by atoms with Crippen molar-refractivity contribution >= 4 is 45.4 Å². The molecule has 3 N–H and O–H groups in total. The topological polar surface area (TPSA) is 144 Å². The number of benzene rings is 2. The first kappa shape index (κ1) is 26.4. The van der Waals surface area contributed by atoms with Crippen LogP contribution in [0.15, 0.2) is 41.1 Å². The van der Waals surface area contributed by atoms with Crippen molar-refractivity contribution in [3.8, 4) is 11.4 Å². The molecule has 0 radical (unpaired) electrons. The molecule has 202 valence electrons. The Labute approximate surface area is 229 Å². The number of aromatic nitrogens is 6. The van der Waals surface area contributed by atoms with E-state index in [0.717, 1.165) is 16.5 Å². The number of imidazole rings is 1. The van der Waals surface area contributed by atoms with Gasteiger partial charge in [0.1, 0.15) is 5.82 Å². The van der Waals surface area contributed by atoms with Gasteiger partial charge in [0.25, 0.3) is 5.91 Å². The van der Waals surface area contributed by atoms with E-state index in [2.05, 4.69) is 51.7 Å². The monoisotopic (exact) mass is 548 g/mol. The van der Waals surface area contributed by atoms with Crippen molar-refractivity contribution in [1.29, 1.82) is 0 Å². The van der Waals surface area contributed by atoms with Gasteiger partial charge < -0.3 is 19.7 Å². The zero-order valence-corrected chi connectivity index (χ0v) is 23.1. The second kappa shape index (κ2) is 10.1. The number of fused-ring (bicyclic) bond motifs is 2. The highest BCUT2D eigenvalue weighted by atomic mass is 35.5. The molecule has 0 aliphatic carbocycles. The maximum atomic E-state index is 13.2. The highest BCUT2D eigenvalue weighted by Gasteiger charge is 2.33. The number of rotatable bonds is 7. The average Bonchev–Trinajstić information content (AvgIpc) is 3.62. The normalized spacial score (nSPS) is 12.7. The van der Waals surface area contributed by atoms with Crippen LogP contribution in [0.4, 0.5) is 0 Å². The lowest BCUT2D eigenvalue weighted by atomic mass is 9.84. The molecule has 0 saturated carbocycles. The molecule has 0 fully saturated rings. The predicted octanol–water partition coefficient (Wildman–Crippen LogP) is 4.58. The molecule has 39 heavy (non-hydrogen) atoms. The van der Waals surface area contributed by atoms with Crippen molar-refractivity contribution in [2.45, 2.75) is 46.7 Å². The quantitative estimate of drug-likeness (QED) is 0.270. The number of aromatic amines is 1. The fourth-order valence-corrected chi connectivity index (χ4v) is 4.88. The molecule has 1 unspecified atom stereocenters. The molecule has 0 spiro atoms. The number of nitrogens with one attached hydrogen (secondary N) is 3. The molecule has 0 aliphatic heterocycles. The van der Waals surface area contributed by atoms with E-state index in [1.807, 2.05) is 22.8 Å². The third kappa shape index (κ3) is 5.22. The smallest absolute Gasteiger partial charge is 0.252 e. The molecule has 0 aliphatic rings. The Balaban J connectivity index is 1.63. The third-order valence-electron chi connectivity index (χ3n) is 6.65. The van der Waals surface area contributed by atoms with Crippen molar-refractivity contribution < 1.29 is 14.1 Å². The summed E-state index contributed by atoms with van der Waals surface area (Å²) in [5, 5.41) is 17.7. The van der Waals surface area contributed by atoms with Crippen LogP contribution in [0.2, 0.25) is 5.02 Å². The first-order chi connectivity index (χ1) is 18.5. The first-order valence-electron chi connectivity index (χ1n) is 12.5. The Hall–Kier alpha value is -4.25. The van der Waals surface area contributed by atoms with Crippen LogP contribution >= 0.6 is 11.6 Å². The molecule has 11 nitrogen and oxygen atoms in total. The predicted molar refractivity (Wildman–Crippen MR) is 147 cm³/mol. The lowest BCUT2D eigenvalue weighted by molar-refractivity contribution is -0.122. The van der Waals surface area contributed by atoms with E-state index >= 15 is 0 Å². The summed E-state index contributed by atoms with van der Waals surface area (Å²) >= 11 is 6.59. The SMILES string of the molecule is CNC(=O)c1cc2nc(-c3ccc4cn[nH]c4c3)n(C(CC(=O)NCc3nc(C)no3)C(C)(C)C)c2cc1Cl. The summed E-state index contributed by atoms with van der Waals surface area (Å²) in [5.41, 5.74) is 2.95. The average molecular weight is 549 g/mol. The van der Waals surface area contributed by atoms with Gasteiger partial charge >= 0.3 is 0 Å². The molecule has 3 heterocycles. The Morgan fingerprint density at radius 3 is 2.67 bits per heavy atom. The van der Waals surface area contributed by atoms with Crippen LogP contribution in [0.3, 0.4) is 0 Å². The number of halogens is 1. The number of amides is 2. The van der Waals surface area contributed by atoms with Crippen molar-refractivity contribution in [3.05, 3.63) is 58.8 Å². The van der Waals surface area contributed by atoms with Crippen LogP contribution < -0.4 is 10.6 Å². The lowest BCUT2D eigenvalue weighted by Crippen LogP contribution is -2.32. The van der Waals surface area contributed by atoms with Gasteiger partial charge in [-0.05, 0) is 30.5 Å². The van der Waals surface area contributed by atoms with Crippen LogP contribution in [-0.4, -0.2) is 48.8 Å². The molecule has 0 bridgehead atoms. The molecular formula is C27H29ClN8O3. The molecular weight excluding hydrogens is 520 g/mol. The number of hydrogen-bond acceptors (Lipinski definition) is 7. The van der Waals surface area contributed by atoms with Gasteiger partial charge in [-0.25, -0.2) is 4.98 Å². The van der Waals surface area contributed by atoms with E-state index in [-0.39, 0.29) is 36.2 Å².